The van der Waals surface area contributed by atoms with E-state index in [2.05, 4.69) is 0 Å². The molecule has 1 aromatic heterocycles. The maximum absolute atomic E-state index is 12.5. The van der Waals surface area contributed by atoms with Gasteiger partial charge in [-0.15, -0.1) is 0 Å². The zero-order valence-corrected chi connectivity index (χ0v) is 11.9. The third-order valence-corrected chi connectivity index (χ3v) is 4.14. The summed E-state index contributed by atoms with van der Waals surface area (Å²) in [6.07, 6.45) is -0.0125. The molecule has 1 N–H and O–H groups in total. The average Bonchev–Trinajstić information content (AvgIpc) is 2.82. The minimum atomic E-state index is -1.83. The van der Waals surface area contributed by atoms with Crippen LogP contribution in [0.15, 0.2) is 45.6 Å². The molecular formula is C16H9ClO5. The number of ether oxygens (including phenoxy) is 1. The van der Waals surface area contributed by atoms with Gasteiger partial charge in [-0.3, -0.25) is 4.79 Å². The lowest BCUT2D eigenvalue weighted by Gasteiger charge is -2.14. The largest absolute Gasteiger partial charge is 0.477 e. The molecule has 0 fully saturated rings. The Morgan fingerprint density at radius 3 is 2.73 bits per heavy atom. The molecule has 2 aromatic carbocycles. The number of para-hydroxylation sites is 1. The highest BCUT2D eigenvalue weighted by molar-refractivity contribution is 6.33. The molecule has 5 nitrogen and oxygen atoms in total. The Bertz CT molecular complexity index is 1010. The van der Waals surface area contributed by atoms with Crippen LogP contribution in [0.25, 0.3) is 21.9 Å². The molecule has 1 aliphatic rings. The van der Waals surface area contributed by atoms with Crippen LogP contribution < -0.4 is 10.2 Å². The minimum absolute atomic E-state index is 0.0125. The van der Waals surface area contributed by atoms with Gasteiger partial charge in [-0.1, -0.05) is 23.7 Å². The molecule has 0 bridgehead atoms. The standard InChI is InChI=1S/C16H9ClO5/c17-16(15(19)20)7-8-5-10-13(6-12(8)22-16)21-11-4-2-1-3-9(11)14(10)18/h1-6H,7H2,(H,19,20). The first-order valence-corrected chi connectivity index (χ1v) is 6.95. The molecule has 1 unspecified atom stereocenters. The van der Waals surface area contributed by atoms with E-state index >= 15 is 0 Å². The van der Waals surface area contributed by atoms with E-state index in [1.165, 1.54) is 6.07 Å². The second kappa shape index (κ2) is 4.24. The number of rotatable bonds is 1. The van der Waals surface area contributed by atoms with Crippen molar-refractivity contribution < 1.29 is 19.1 Å². The van der Waals surface area contributed by atoms with Crippen molar-refractivity contribution in [3.63, 3.8) is 0 Å². The summed E-state index contributed by atoms with van der Waals surface area (Å²) in [6, 6.07) is 10.0. The first-order chi connectivity index (χ1) is 10.5. The number of aliphatic carboxylic acids is 1. The molecule has 0 radical (unpaired) electrons. The first kappa shape index (κ1) is 13.2. The molecule has 110 valence electrons. The number of halogens is 1. The van der Waals surface area contributed by atoms with Gasteiger partial charge >= 0.3 is 5.97 Å². The summed E-state index contributed by atoms with van der Waals surface area (Å²) in [5.74, 6) is -0.942. The van der Waals surface area contributed by atoms with E-state index in [9.17, 15) is 9.59 Å². The first-order valence-electron chi connectivity index (χ1n) is 6.58. The number of benzene rings is 2. The van der Waals surface area contributed by atoms with E-state index in [0.717, 1.165) is 0 Å². The van der Waals surface area contributed by atoms with Crippen molar-refractivity contribution in [1.29, 1.82) is 0 Å². The minimum Gasteiger partial charge on any atom is -0.477 e. The molecule has 6 heteroatoms. The van der Waals surface area contributed by atoms with Gasteiger partial charge in [0, 0.05) is 18.1 Å². The Labute approximate surface area is 128 Å². The van der Waals surface area contributed by atoms with Gasteiger partial charge in [0.2, 0.25) is 5.43 Å². The van der Waals surface area contributed by atoms with E-state index in [4.69, 9.17) is 25.9 Å². The molecule has 2 heterocycles. The lowest BCUT2D eigenvalue weighted by molar-refractivity contribution is -0.147. The van der Waals surface area contributed by atoms with E-state index in [0.29, 0.717) is 33.3 Å². The number of carboxylic acid groups (broad SMARTS) is 1. The molecule has 1 aliphatic heterocycles. The van der Waals surface area contributed by atoms with Crippen LogP contribution in [0.4, 0.5) is 0 Å². The van der Waals surface area contributed by atoms with Crippen LogP contribution in [0.5, 0.6) is 5.75 Å². The summed E-state index contributed by atoms with van der Waals surface area (Å²) >= 11 is 5.96. The summed E-state index contributed by atoms with van der Waals surface area (Å²) in [6.45, 7) is 0. The van der Waals surface area contributed by atoms with E-state index in [1.54, 1.807) is 30.3 Å². The predicted octanol–water partition coefficient (Wildman–Crippen LogP) is 2.90. The van der Waals surface area contributed by atoms with E-state index in [1.807, 2.05) is 0 Å². The molecule has 0 saturated heterocycles. The van der Waals surface area contributed by atoms with Crippen LogP contribution in [0.3, 0.4) is 0 Å². The van der Waals surface area contributed by atoms with Crippen LogP contribution in [0, 0.1) is 0 Å². The Morgan fingerprint density at radius 1 is 1.18 bits per heavy atom. The lowest BCUT2D eigenvalue weighted by atomic mass is 10.1. The molecule has 3 aromatic rings. The topological polar surface area (TPSA) is 76.7 Å². The van der Waals surface area contributed by atoms with Gasteiger partial charge in [0.15, 0.2) is 0 Å². The zero-order valence-electron chi connectivity index (χ0n) is 11.1. The van der Waals surface area contributed by atoms with Gasteiger partial charge in [0.25, 0.3) is 5.06 Å². The fourth-order valence-electron chi connectivity index (χ4n) is 2.68. The number of hydrogen-bond donors (Lipinski definition) is 1. The van der Waals surface area contributed by atoms with Crippen molar-refractivity contribution in [1.82, 2.24) is 0 Å². The Morgan fingerprint density at radius 2 is 1.95 bits per heavy atom. The Hall–Kier alpha value is -2.53. The van der Waals surface area contributed by atoms with Gasteiger partial charge in [0.05, 0.1) is 10.8 Å². The summed E-state index contributed by atoms with van der Waals surface area (Å²) in [5.41, 5.74) is 1.22. The highest BCUT2D eigenvalue weighted by Gasteiger charge is 2.45. The van der Waals surface area contributed by atoms with Gasteiger partial charge < -0.3 is 14.3 Å². The molecule has 0 aliphatic carbocycles. The lowest BCUT2D eigenvalue weighted by Crippen LogP contribution is -2.36. The summed E-state index contributed by atoms with van der Waals surface area (Å²) in [4.78, 5) is 23.7. The number of hydrogen-bond acceptors (Lipinski definition) is 4. The van der Waals surface area contributed by atoms with Crippen molar-refractivity contribution >= 4 is 39.5 Å². The summed E-state index contributed by atoms with van der Waals surface area (Å²) in [7, 11) is 0. The number of carboxylic acids is 1. The van der Waals surface area contributed by atoms with Crippen molar-refractivity contribution in [2.24, 2.45) is 0 Å². The summed E-state index contributed by atoms with van der Waals surface area (Å²) in [5, 5.41) is 8.18. The van der Waals surface area contributed by atoms with E-state index in [-0.39, 0.29) is 11.8 Å². The Kier molecular flexibility index (Phi) is 2.53. The normalized spacial score (nSPS) is 20.0. The van der Waals surface area contributed by atoms with Gasteiger partial charge in [-0.25, -0.2) is 4.79 Å². The maximum Gasteiger partial charge on any atom is 0.364 e. The molecule has 0 spiro atoms. The maximum atomic E-state index is 12.5. The Balaban J connectivity index is 2.01. The van der Waals surface area contributed by atoms with Crippen LogP contribution in [0.1, 0.15) is 5.56 Å². The van der Waals surface area contributed by atoms with Gasteiger partial charge in [-0.2, -0.15) is 0 Å². The van der Waals surface area contributed by atoms with Crippen LogP contribution in [0.2, 0.25) is 0 Å². The highest BCUT2D eigenvalue weighted by atomic mass is 35.5. The van der Waals surface area contributed by atoms with Crippen molar-refractivity contribution in [3.05, 3.63) is 52.2 Å². The smallest absolute Gasteiger partial charge is 0.364 e. The molecule has 22 heavy (non-hydrogen) atoms. The number of carbonyl (C=O) groups is 1. The second-order valence-corrected chi connectivity index (χ2v) is 5.81. The molecule has 0 saturated carbocycles. The SMILES string of the molecule is O=C(O)C1(Cl)Cc2cc3c(=O)c4ccccc4oc3cc2O1. The van der Waals surface area contributed by atoms with Crippen molar-refractivity contribution in [2.75, 3.05) is 0 Å². The molecule has 4 rings (SSSR count). The third-order valence-electron chi connectivity index (χ3n) is 3.77. The fourth-order valence-corrected chi connectivity index (χ4v) is 2.91. The van der Waals surface area contributed by atoms with Crippen molar-refractivity contribution in [3.8, 4) is 5.75 Å². The monoisotopic (exact) mass is 316 g/mol. The molecule has 0 amide bonds. The quantitative estimate of drug-likeness (QED) is 0.552. The van der Waals surface area contributed by atoms with Gasteiger partial charge in [-0.05, 0) is 18.2 Å². The predicted molar refractivity (Wildman–Crippen MR) is 80.5 cm³/mol. The molecular weight excluding hydrogens is 308 g/mol. The third kappa shape index (κ3) is 1.72. The highest BCUT2D eigenvalue weighted by Crippen LogP contribution is 2.40. The fraction of sp³-hybridized carbons (Fsp3) is 0.125. The van der Waals surface area contributed by atoms with Crippen molar-refractivity contribution in [2.45, 2.75) is 11.5 Å². The molecule has 1 atom stereocenters. The van der Waals surface area contributed by atoms with Gasteiger partial charge in [0.1, 0.15) is 16.9 Å². The number of fused-ring (bicyclic) bond motifs is 3. The average molecular weight is 317 g/mol. The second-order valence-electron chi connectivity index (χ2n) is 5.20. The summed E-state index contributed by atoms with van der Waals surface area (Å²) < 4.78 is 11.0. The van der Waals surface area contributed by atoms with Crippen LogP contribution in [-0.2, 0) is 11.2 Å². The van der Waals surface area contributed by atoms with E-state index < -0.39 is 11.0 Å². The van der Waals surface area contributed by atoms with Crippen LogP contribution in [-0.4, -0.2) is 16.1 Å². The van der Waals surface area contributed by atoms with Crippen LogP contribution >= 0.6 is 11.6 Å². The zero-order chi connectivity index (χ0) is 15.5. The number of alkyl halides is 1.